The summed E-state index contributed by atoms with van der Waals surface area (Å²) in [6.07, 6.45) is 3.40. The van der Waals surface area contributed by atoms with Crippen molar-refractivity contribution in [1.82, 2.24) is 9.88 Å². The summed E-state index contributed by atoms with van der Waals surface area (Å²) in [6.45, 7) is 0.179. The molecular weight excluding hydrogens is 358 g/mol. The van der Waals surface area contributed by atoms with E-state index in [-0.39, 0.29) is 22.9 Å². The van der Waals surface area contributed by atoms with Gasteiger partial charge in [0.1, 0.15) is 11.6 Å². The summed E-state index contributed by atoms with van der Waals surface area (Å²) < 4.78 is 29.1. The third kappa shape index (κ3) is 3.01. The highest BCUT2D eigenvalue weighted by molar-refractivity contribution is 8.27. The number of fused-ring (bicyclic) bond motifs is 1. The van der Waals surface area contributed by atoms with Crippen LogP contribution in [0.4, 0.5) is 13.6 Å². The number of amides is 1. The molecule has 1 aliphatic heterocycles. The zero-order chi connectivity index (χ0) is 18.3. The summed E-state index contributed by atoms with van der Waals surface area (Å²) in [7, 11) is 0. The molecule has 1 amide bonds. The van der Waals surface area contributed by atoms with Crippen molar-refractivity contribution >= 4 is 39.1 Å². The van der Waals surface area contributed by atoms with Crippen molar-refractivity contribution in [3.8, 4) is 0 Å². The second kappa shape index (κ2) is 6.42. The number of rotatable bonds is 3. The van der Waals surface area contributed by atoms with E-state index in [1.807, 2.05) is 24.3 Å². The van der Waals surface area contributed by atoms with Crippen molar-refractivity contribution in [3.05, 3.63) is 77.1 Å². The highest BCUT2D eigenvalue weighted by Gasteiger charge is 2.25. The quantitative estimate of drug-likeness (QED) is 0.700. The van der Waals surface area contributed by atoms with Gasteiger partial charge in [0, 0.05) is 34.4 Å². The Bertz CT molecular complexity index is 1090. The van der Waals surface area contributed by atoms with Crippen LogP contribution in [-0.2, 0) is 11.3 Å². The molecule has 0 unspecified atom stereocenters. The first kappa shape index (κ1) is 16.5. The number of thioether (sulfide) groups is 1. The van der Waals surface area contributed by atoms with Gasteiger partial charge < -0.3 is 9.88 Å². The molecule has 2 heterocycles. The average Bonchev–Trinajstić information content (AvgIpc) is 3.15. The molecule has 0 saturated carbocycles. The molecule has 0 radical (unpaired) electrons. The lowest BCUT2D eigenvalue weighted by Gasteiger charge is -2.08. The molecule has 3 aromatic rings. The average molecular weight is 370 g/mol. The molecule has 4 rings (SSSR count). The summed E-state index contributed by atoms with van der Waals surface area (Å²) in [6, 6.07) is 10.7. The lowest BCUT2D eigenvalue weighted by molar-refractivity contribution is -0.107. The van der Waals surface area contributed by atoms with Crippen LogP contribution in [0.15, 0.2) is 54.4 Å². The maximum atomic E-state index is 13.9. The molecule has 7 heteroatoms. The minimum atomic E-state index is -0.490. The van der Waals surface area contributed by atoms with E-state index in [0.29, 0.717) is 11.8 Å². The Balaban J connectivity index is 1.74. The molecule has 0 aliphatic carbocycles. The molecule has 26 heavy (non-hydrogen) atoms. The van der Waals surface area contributed by atoms with E-state index in [1.54, 1.807) is 16.8 Å². The van der Waals surface area contributed by atoms with Crippen LogP contribution < -0.4 is 5.32 Å². The minimum absolute atomic E-state index is 0.179. The van der Waals surface area contributed by atoms with Gasteiger partial charge in [-0.05, 0) is 42.0 Å². The smallest absolute Gasteiger partial charge is 0.291 e. The fourth-order valence-electron chi connectivity index (χ4n) is 2.94. The number of halogens is 2. The number of benzene rings is 2. The van der Waals surface area contributed by atoms with E-state index < -0.39 is 16.9 Å². The van der Waals surface area contributed by atoms with Crippen LogP contribution in [0.1, 0.15) is 11.1 Å². The standard InChI is InChI=1S/C19H12F2N2O2S/c20-13-4-5-15(21)12(8-13)10-23-7-6-14-11(2-1-3-17(14)23)9-16-18(24)26-19(25)22-16/h1-9H,10H2,(H,22,25). The molecule has 1 saturated heterocycles. The van der Waals surface area contributed by atoms with Crippen LogP contribution in [-0.4, -0.2) is 14.9 Å². The highest BCUT2D eigenvalue weighted by atomic mass is 32.2. The number of aromatic nitrogens is 1. The zero-order valence-electron chi connectivity index (χ0n) is 13.3. The maximum Gasteiger partial charge on any atom is 0.291 e. The summed E-state index contributed by atoms with van der Waals surface area (Å²) in [5.41, 5.74) is 2.05. The number of hydrogen-bond donors (Lipinski definition) is 1. The van der Waals surface area contributed by atoms with E-state index in [9.17, 15) is 18.4 Å². The van der Waals surface area contributed by atoms with Gasteiger partial charge >= 0.3 is 0 Å². The van der Waals surface area contributed by atoms with Crippen LogP contribution in [0.2, 0.25) is 0 Å². The fraction of sp³-hybridized carbons (Fsp3) is 0.0526. The first-order chi connectivity index (χ1) is 12.5. The normalized spacial score (nSPS) is 15.8. The van der Waals surface area contributed by atoms with E-state index in [0.717, 1.165) is 28.6 Å². The van der Waals surface area contributed by atoms with E-state index in [4.69, 9.17) is 0 Å². The third-order valence-electron chi connectivity index (χ3n) is 4.14. The molecule has 1 N–H and O–H groups in total. The van der Waals surface area contributed by atoms with Gasteiger partial charge in [0.25, 0.3) is 5.24 Å². The molecule has 130 valence electrons. The Morgan fingerprint density at radius 2 is 1.96 bits per heavy atom. The Kier molecular flexibility index (Phi) is 4.08. The van der Waals surface area contributed by atoms with Crippen LogP contribution in [0.25, 0.3) is 17.0 Å². The van der Waals surface area contributed by atoms with Gasteiger partial charge in [-0.15, -0.1) is 0 Å². The van der Waals surface area contributed by atoms with Gasteiger partial charge in [-0.25, -0.2) is 8.78 Å². The van der Waals surface area contributed by atoms with Crippen molar-refractivity contribution in [1.29, 1.82) is 0 Å². The SMILES string of the molecule is O=C1NC(=Cc2cccc3c2ccn3Cc2cc(F)ccc2F)C(=O)S1. The Hall–Kier alpha value is -2.93. The van der Waals surface area contributed by atoms with Crippen molar-refractivity contribution < 1.29 is 18.4 Å². The molecule has 1 fully saturated rings. The Morgan fingerprint density at radius 3 is 2.73 bits per heavy atom. The van der Waals surface area contributed by atoms with Crippen LogP contribution in [0.3, 0.4) is 0 Å². The number of carbonyl (C=O) groups is 2. The predicted molar refractivity (Wildman–Crippen MR) is 96.5 cm³/mol. The lowest BCUT2D eigenvalue weighted by Crippen LogP contribution is -2.10. The van der Waals surface area contributed by atoms with Gasteiger partial charge in [-0.2, -0.15) is 0 Å². The molecule has 4 nitrogen and oxygen atoms in total. The second-order valence-corrected chi connectivity index (χ2v) is 6.77. The van der Waals surface area contributed by atoms with Gasteiger partial charge in [-0.1, -0.05) is 12.1 Å². The largest absolute Gasteiger partial charge is 0.343 e. The molecule has 1 aromatic heterocycles. The van der Waals surface area contributed by atoms with Crippen LogP contribution >= 0.6 is 11.8 Å². The minimum Gasteiger partial charge on any atom is -0.343 e. The molecule has 0 spiro atoms. The summed E-state index contributed by atoms with van der Waals surface area (Å²) in [5.74, 6) is -0.959. The summed E-state index contributed by atoms with van der Waals surface area (Å²) in [4.78, 5) is 23.1. The third-order valence-corrected chi connectivity index (χ3v) is 4.83. The number of nitrogens with one attached hydrogen (secondary N) is 1. The topological polar surface area (TPSA) is 51.1 Å². The van der Waals surface area contributed by atoms with Crippen molar-refractivity contribution in [2.24, 2.45) is 0 Å². The number of hydrogen-bond acceptors (Lipinski definition) is 3. The lowest BCUT2D eigenvalue weighted by atomic mass is 10.1. The summed E-state index contributed by atoms with van der Waals surface area (Å²) in [5, 5.41) is 2.64. The van der Waals surface area contributed by atoms with Gasteiger partial charge in [0.15, 0.2) is 0 Å². The monoisotopic (exact) mass is 370 g/mol. The molecule has 0 atom stereocenters. The molecular formula is C19H12F2N2O2S. The van der Waals surface area contributed by atoms with Crippen molar-refractivity contribution in [2.75, 3.05) is 0 Å². The highest BCUT2D eigenvalue weighted by Crippen LogP contribution is 2.26. The number of nitrogens with zero attached hydrogens (tertiary/aromatic N) is 1. The Labute approximate surface area is 151 Å². The van der Waals surface area contributed by atoms with E-state index >= 15 is 0 Å². The first-order valence-corrected chi connectivity index (χ1v) is 8.59. The van der Waals surface area contributed by atoms with Crippen molar-refractivity contribution in [3.63, 3.8) is 0 Å². The van der Waals surface area contributed by atoms with E-state index in [1.165, 1.54) is 6.07 Å². The van der Waals surface area contributed by atoms with Crippen LogP contribution in [0, 0.1) is 11.6 Å². The van der Waals surface area contributed by atoms with Gasteiger partial charge in [0.05, 0.1) is 12.2 Å². The zero-order valence-corrected chi connectivity index (χ0v) is 14.1. The molecule has 2 aromatic carbocycles. The predicted octanol–water partition coefficient (Wildman–Crippen LogP) is 4.29. The Morgan fingerprint density at radius 1 is 1.12 bits per heavy atom. The van der Waals surface area contributed by atoms with Gasteiger partial charge in [-0.3, -0.25) is 9.59 Å². The van der Waals surface area contributed by atoms with E-state index in [2.05, 4.69) is 5.32 Å². The van der Waals surface area contributed by atoms with Gasteiger partial charge in [0.2, 0.25) is 5.12 Å². The number of carbonyl (C=O) groups excluding carboxylic acids is 2. The van der Waals surface area contributed by atoms with Crippen molar-refractivity contribution in [2.45, 2.75) is 6.54 Å². The second-order valence-electron chi connectivity index (χ2n) is 5.82. The molecule has 0 bridgehead atoms. The molecule has 1 aliphatic rings. The maximum absolute atomic E-state index is 13.9. The van der Waals surface area contributed by atoms with Crippen LogP contribution in [0.5, 0.6) is 0 Å². The fourth-order valence-corrected chi connectivity index (χ4v) is 3.48. The first-order valence-electron chi connectivity index (χ1n) is 7.78. The summed E-state index contributed by atoms with van der Waals surface area (Å²) >= 11 is 0.623.